The third-order valence-corrected chi connectivity index (χ3v) is 6.09. The fourth-order valence-electron chi connectivity index (χ4n) is 4.16. The number of aryl methyl sites for hydroxylation is 2. The standard InChI is InChI=1S/C22H23N3O/c1-24-21-12-19(10-9-17(21)13-23-24)25-14-18-8-7-16(11-20(18)22(25)26)6-5-15-3-2-4-15/h7-13,15H,2-6,14H2,1H3. The molecule has 2 aliphatic rings. The molecular formula is C22H23N3O. The van der Waals surface area contributed by atoms with Crippen molar-refractivity contribution in [2.24, 2.45) is 13.0 Å². The van der Waals surface area contributed by atoms with Crippen molar-refractivity contribution in [2.75, 3.05) is 4.90 Å². The number of hydrogen-bond donors (Lipinski definition) is 0. The third kappa shape index (κ3) is 2.52. The van der Waals surface area contributed by atoms with Crippen LogP contribution in [0.15, 0.2) is 42.6 Å². The van der Waals surface area contributed by atoms with Crippen LogP contribution in [0.2, 0.25) is 0 Å². The molecule has 1 saturated carbocycles. The first-order valence-corrected chi connectivity index (χ1v) is 9.54. The smallest absolute Gasteiger partial charge is 0.258 e. The average molecular weight is 345 g/mol. The van der Waals surface area contributed by atoms with Crippen molar-refractivity contribution in [3.8, 4) is 0 Å². The van der Waals surface area contributed by atoms with E-state index in [2.05, 4.69) is 29.4 Å². The predicted octanol–water partition coefficient (Wildman–Crippen LogP) is 4.47. The normalized spacial score (nSPS) is 17.0. The van der Waals surface area contributed by atoms with Gasteiger partial charge in [0, 0.05) is 23.7 Å². The zero-order valence-corrected chi connectivity index (χ0v) is 15.1. The van der Waals surface area contributed by atoms with Gasteiger partial charge < -0.3 is 4.90 Å². The second-order valence-electron chi connectivity index (χ2n) is 7.73. The molecule has 2 heterocycles. The van der Waals surface area contributed by atoms with Gasteiger partial charge in [-0.3, -0.25) is 9.48 Å². The average Bonchev–Trinajstić information content (AvgIpc) is 3.14. The molecule has 1 aliphatic heterocycles. The SMILES string of the molecule is Cn1ncc2ccc(N3Cc4ccc(CCC5CCC5)cc4C3=O)cc21. The van der Waals surface area contributed by atoms with Gasteiger partial charge in [0.05, 0.1) is 18.3 Å². The van der Waals surface area contributed by atoms with E-state index in [1.807, 2.05) is 35.0 Å². The zero-order chi connectivity index (χ0) is 17.7. The number of anilines is 1. The van der Waals surface area contributed by atoms with Crippen molar-refractivity contribution in [1.82, 2.24) is 9.78 Å². The Morgan fingerprint density at radius 1 is 1.15 bits per heavy atom. The number of benzene rings is 2. The summed E-state index contributed by atoms with van der Waals surface area (Å²) in [5, 5.41) is 5.39. The summed E-state index contributed by atoms with van der Waals surface area (Å²) in [6.07, 6.45) is 8.36. The minimum absolute atomic E-state index is 0.118. The van der Waals surface area contributed by atoms with Gasteiger partial charge in [0.15, 0.2) is 0 Å². The molecule has 0 radical (unpaired) electrons. The molecule has 0 spiro atoms. The highest BCUT2D eigenvalue weighted by atomic mass is 16.2. The first-order chi connectivity index (χ1) is 12.7. The van der Waals surface area contributed by atoms with Crippen LogP contribution in [0, 0.1) is 5.92 Å². The Labute approximate surface area is 153 Å². The van der Waals surface area contributed by atoms with Crippen molar-refractivity contribution >= 4 is 22.5 Å². The van der Waals surface area contributed by atoms with Crippen LogP contribution in [0.3, 0.4) is 0 Å². The van der Waals surface area contributed by atoms with E-state index in [0.717, 1.165) is 40.1 Å². The van der Waals surface area contributed by atoms with Gasteiger partial charge >= 0.3 is 0 Å². The topological polar surface area (TPSA) is 38.1 Å². The second kappa shape index (κ2) is 5.97. The lowest BCUT2D eigenvalue weighted by Gasteiger charge is -2.25. The highest BCUT2D eigenvalue weighted by Gasteiger charge is 2.29. The lowest BCUT2D eigenvalue weighted by molar-refractivity contribution is 0.0996. The van der Waals surface area contributed by atoms with Crippen molar-refractivity contribution < 1.29 is 4.79 Å². The van der Waals surface area contributed by atoms with Crippen LogP contribution >= 0.6 is 0 Å². The summed E-state index contributed by atoms with van der Waals surface area (Å²) in [4.78, 5) is 14.9. The molecule has 0 saturated heterocycles. The summed E-state index contributed by atoms with van der Waals surface area (Å²) in [6.45, 7) is 0.653. The summed E-state index contributed by atoms with van der Waals surface area (Å²) >= 11 is 0. The van der Waals surface area contributed by atoms with Crippen molar-refractivity contribution in [3.63, 3.8) is 0 Å². The first-order valence-electron chi connectivity index (χ1n) is 9.54. The molecule has 2 aromatic carbocycles. The number of fused-ring (bicyclic) bond motifs is 2. The van der Waals surface area contributed by atoms with E-state index in [9.17, 15) is 4.79 Å². The van der Waals surface area contributed by atoms with E-state index in [1.165, 1.54) is 31.2 Å². The Bertz CT molecular complexity index is 1000. The number of amides is 1. The Morgan fingerprint density at radius 3 is 2.85 bits per heavy atom. The molecule has 1 aromatic heterocycles. The van der Waals surface area contributed by atoms with E-state index in [-0.39, 0.29) is 5.91 Å². The van der Waals surface area contributed by atoms with Crippen LogP contribution in [0.1, 0.15) is 47.2 Å². The first kappa shape index (κ1) is 15.6. The van der Waals surface area contributed by atoms with E-state index in [1.54, 1.807) is 0 Å². The van der Waals surface area contributed by atoms with Gasteiger partial charge in [-0.05, 0) is 54.2 Å². The minimum atomic E-state index is 0.118. The summed E-state index contributed by atoms with van der Waals surface area (Å²) in [6, 6.07) is 12.6. The van der Waals surface area contributed by atoms with Crippen LogP contribution in [-0.4, -0.2) is 15.7 Å². The van der Waals surface area contributed by atoms with Crippen molar-refractivity contribution in [3.05, 3.63) is 59.3 Å². The maximum Gasteiger partial charge on any atom is 0.258 e. The predicted molar refractivity (Wildman–Crippen MR) is 103 cm³/mol. The number of aromatic nitrogens is 2. The fourth-order valence-corrected chi connectivity index (χ4v) is 4.16. The number of rotatable bonds is 4. The molecule has 5 rings (SSSR count). The third-order valence-electron chi connectivity index (χ3n) is 6.09. The van der Waals surface area contributed by atoms with Gasteiger partial charge in [0.25, 0.3) is 5.91 Å². The molecule has 26 heavy (non-hydrogen) atoms. The fraction of sp³-hybridized carbons (Fsp3) is 0.364. The van der Waals surface area contributed by atoms with Gasteiger partial charge in [-0.25, -0.2) is 0 Å². The molecule has 3 aromatic rings. The zero-order valence-electron chi connectivity index (χ0n) is 15.1. The van der Waals surface area contributed by atoms with Crippen LogP contribution < -0.4 is 4.90 Å². The summed E-state index contributed by atoms with van der Waals surface area (Å²) in [7, 11) is 1.93. The van der Waals surface area contributed by atoms with E-state index in [0.29, 0.717) is 6.54 Å². The van der Waals surface area contributed by atoms with Gasteiger partial charge in [-0.1, -0.05) is 31.4 Å². The molecule has 0 unspecified atom stereocenters. The molecular weight excluding hydrogens is 322 g/mol. The van der Waals surface area contributed by atoms with E-state index in [4.69, 9.17) is 0 Å². The van der Waals surface area contributed by atoms with Gasteiger partial charge in [0.1, 0.15) is 0 Å². The molecule has 1 aliphatic carbocycles. The Morgan fingerprint density at radius 2 is 2.04 bits per heavy atom. The number of hydrogen-bond acceptors (Lipinski definition) is 2. The lowest BCUT2D eigenvalue weighted by Crippen LogP contribution is -2.23. The highest BCUT2D eigenvalue weighted by molar-refractivity contribution is 6.10. The molecule has 132 valence electrons. The van der Waals surface area contributed by atoms with Gasteiger partial charge in [-0.15, -0.1) is 0 Å². The van der Waals surface area contributed by atoms with Gasteiger partial charge in [0.2, 0.25) is 0 Å². The lowest BCUT2D eigenvalue weighted by atomic mass is 9.81. The number of carbonyl (C=O) groups excluding carboxylic acids is 1. The quantitative estimate of drug-likeness (QED) is 0.700. The molecule has 4 nitrogen and oxygen atoms in total. The Balaban J connectivity index is 1.40. The maximum atomic E-state index is 13.0. The van der Waals surface area contributed by atoms with Crippen LogP contribution in [0.5, 0.6) is 0 Å². The molecule has 1 fully saturated rings. The van der Waals surface area contributed by atoms with Crippen LogP contribution in [0.4, 0.5) is 5.69 Å². The van der Waals surface area contributed by atoms with E-state index < -0.39 is 0 Å². The largest absolute Gasteiger partial charge is 0.304 e. The highest BCUT2D eigenvalue weighted by Crippen LogP contribution is 2.33. The monoisotopic (exact) mass is 345 g/mol. The Kier molecular flexibility index (Phi) is 3.59. The van der Waals surface area contributed by atoms with E-state index >= 15 is 0 Å². The molecule has 1 amide bonds. The van der Waals surface area contributed by atoms with Crippen molar-refractivity contribution in [2.45, 2.75) is 38.6 Å². The molecule has 0 N–H and O–H groups in total. The van der Waals surface area contributed by atoms with Crippen molar-refractivity contribution in [1.29, 1.82) is 0 Å². The number of nitrogens with zero attached hydrogens (tertiary/aromatic N) is 3. The number of carbonyl (C=O) groups is 1. The summed E-state index contributed by atoms with van der Waals surface area (Å²) in [5.41, 5.74) is 5.30. The molecule has 4 heteroatoms. The molecule has 0 atom stereocenters. The summed E-state index contributed by atoms with van der Waals surface area (Å²) < 4.78 is 1.85. The van der Waals surface area contributed by atoms with Crippen LogP contribution in [0.25, 0.3) is 10.9 Å². The maximum absolute atomic E-state index is 13.0. The summed E-state index contributed by atoms with van der Waals surface area (Å²) in [5.74, 6) is 1.02. The second-order valence-corrected chi connectivity index (χ2v) is 7.73. The minimum Gasteiger partial charge on any atom is -0.304 e. The van der Waals surface area contributed by atoms with Crippen LogP contribution in [-0.2, 0) is 20.0 Å². The Hall–Kier alpha value is -2.62. The van der Waals surface area contributed by atoms with Gasteiger partial charge in [-0.2, -0.15) is 5.10 Å². The molecule has 0 bridgehead atoms.